The lowest BCUT2D eigenvalue weighted by atomic mass is 9.89. The largest absolute Gasteiger partial charge is 0.481 e. The van der Waals surface area contributed by atoms with Crippen molar-refractivity contribution in [1.29, 1.82) is 0 Å². The molecule has 0 spiro atoms. The van der Waals surface area contributed by atoms with Crippen LogP contribution in [0, 0.1) is 17.8 Å². The highest BCUT2D eigenvalue weighted by molar-refractivity contribution is 5.71. The lowest BCUT2D eigenvalue weighted by Gasteiger charge is -2.25. The Bertz CT molecular complexity index is 435. The van der Waals surface area contributed by atoms with Gasteiger partial charge in [0.05, 0.1) is 12.0 Å². The maximum atomic E-state index is 11.9. The minimum absolute atomic E-state index is 0.0291. The molecule has 0 radical (unpaired) electrons. The number of carbonyl (C=O) groups is 2. The first kappa shape index (κ1) is 21.4. The van der Waals surface area contributed by atoms with Gasteiger partial charge in [-0.3, -0.25) is 10.1 Å². The summed E-state index contributed by atoms with van der Waals surface area (Å²) in [5.74, 6) is -1.69. The molecule has 0 aromatic carbocycles. The molecular formula is C17H31NO5. The van der Waals surface area contributed by atoms with Gasteiger partial charge in [-0.2, -0.15) is 0 Å². The molecule has 0 fully saturated rings. The average Bonchev–Trinajstić information content (AvgIpc) is 2.30. The number of nitrogens with one attached hydrogen (secondary N) is 1. The van der Waals surface area contributed by atoms with Crippen molar-refractivity contribution in [2.24, 2.45) is 17.8 Å². The number of carboxylic acid groups (broad SMARTS) is 1. The number of amides is 1. The number of rotatable bonds is 7. The van der Waals surface area contributed by atoms with Crippen LogP contribution in [0.4, 0.5) is 4.79 Å². The average molecular weight is 329 g/mol. The Balaban J connectivity index is 5.11. The van der Waals surface area contributed by atoms with Crippen molar-refractivity contribution in [3.63, 3.8) is 0 Å². The van der Waals surface area contributed by atoms with E-state index in [0.717, 1.165) is 0 Å². The van der Waals surface area contributed by atoms with Crippen LogP contribution in [0.3, 0.4) is 0 Å². The molecule has 23 heavy (non-hydrogen) atoms. The maximum Gasteiger partial charge on any atom is 0.411 e. The molecule has 0 heterocycles. The van der Waals surface area contributed by atoms with Crippen molar-refractivity contribution < 1.29 is 24.5 Å². The highest BCUT2D eigenvalue weighted by Gasteiger charge is 2.28. The quantitative estimate of drug-likeness (QED) is 0.667. The minimum Gasteiger partial charge on any atom is -0.481 e. The number of aliphatic carboxylic acids is 1. The zero-order valence-corrected chi connectivity index (χ0v) is 15.2. The smallest absolute Gasteiger partial charge is 0.411 e. The molecular weight excluding hydrogens is 298 g/mol. The van der Waals surface area contributed by atoms with E-state index in [-0.39, 0.29) is 24.0 Å². The number of aliphatic hydroxyl groups is 1. The predicted molar refractivity (Wildman–Crippen MR) is 88.9 cm³/mol. The molecule has 0 aliphatic heterocycles. The standard InChI is InChI=1S/C17H31NO5/c1-10(2)8-13(18-16(22)23-17(5,6)7)14(19)9-12(11(3)4)15(20)21/h8,10-12,14,19H,9H2,1-7H3,(H,18,22)(H,20,21)/b13-8+/t12-,14-/m0/s1. The number of carboxylic acids is 1. The van der Waals surface area contributed by atoms with Gasteiger partial charge in [0.15, 0.2) is 0 Å². The van der Waals surface area contributed by atoms with Crippen molar-refractivity contribution in [3.05, 3.63) is 11.8 Å². The van der Waals surface area contributed by atoms with Gasteiger partial charge in [-0.05, 0) is 39.0 Å². The monoisotopic (exact) mass is 329 g/mol. The van der Waals surface area contributed by atoms with E-state index in [0.29, 0.717) is 0 Å². The molecule has 134 valence electrons. The first-order chi connectivity index (χ1) is 10.3. The molecule has 0 aromatic heterocycles. The second-order valence-corrected chi connectivity index (χ2v) is 7.43. The van der Waals surface area contributed by atoms with Crippen LogP contribution < -0.4 is 5.32 Å². The summed E-state index contributed by atoms with van der Waals surface area (Å²) in [7, 11) is 0. The number of ether oxygens (including phenoxy) is 1. The number of hydrogen-bond donors (Lipinski definition) is 3. The van der Waals surface area contributed by atoms with Gasteiger partial charge in [0, 0.05) is 5.70 Å². The van der Waals surface area contributed by atoms with Gasteiger partial charge in [-0.15, -0.1) is 0 Å². The minimum atomic E-state index is -1.08. The Morgan fingerprint density at radius 1 is 1.17 bits per heavy atom. The van der Waals surface area contributed by atoms with Crippen molar-refractivity contribution in [2.45, 2.75) is 66.6 Å². The van der Waals surface area contributed by atoms with Crippen molar-refractivity contribution in [3.8, 4) is 0 Å². The van der Waals surface area contributed by atoms with Crippen LogP contribution >= 0.6 is 0 Å². The first-order valence-corrected chi connectivity index (χ1v) is 7.96. The van der Waals surface area contributed by atoms with E-state index in [1.165, 1.54) is 0 Å². The molecule has 6 nitrogen and oxygen atoms in total. The fraction of sp³-hybridized carbons (Fsp3) is 0.765. The van der Waals surface area contributed by atoms with E-state index in [1.54, 1.807) is 40.7 Å². The summed E-state index contributed by atoms with van der Waals surface area (Å²) in [6.45, 7) is 12.6. The summed E-state index contributed by atoms with van der Waals surface area (Å²) < 4.78 is 5.18. The fourth-order valence-corrected chi connectivity index (χ4v) is 2.04. The SMILES string of the molecule is CC(C)/C=C(/NC(=O)OC(C)(C)C)[C@@H](O)C[C@H](C(=O)O)C(C)C. The molecule has 0 bridgehead atoms. The molecule has 0 aliphatic rings. The lowest BCUT2D eigenvalue weighted by Crippen LogP contribution is -2.37. The Hall–Kier alpha value is -1.56. The third kappa shape index (κ3) is 9.23. The van der Waals surface area contributed by atoms with Crippen LogP contribution in [0.2, 0.25) is 0 Å². The van der Waals surface area contributed by atoms with E-state index in [2.05, 4.69) is 5.32 Å². The highest BCUT2D eigenvalue weighted by atomic mass is 16.6. The number of carbonyl (C=O) groups excluding carboxylic acids is 1. The van der Waals surface area contributed by atoms with Crippen molar-refractivity contribution >= 4 is 12.1 Å². The molecule has 0 aromatic rings. The van der Waals surface area contributed by atoms with Gasteiger partial charge in [0.1, 0.15) is 5.60 Å². The summed E-state index contributed by atoms with van der Waals surface area (Å²) in [5.41, 5.74) is -0.374. The zero-order valence-electron chi connectivity index (χ0n) is 15.2. The van der Waals surface area contributed by atoms with Gasteiger partial charge < -0.3 is 14.9 Å². The van der Waals surface area contributed by atoms with E-state index in [9.17, 15) is 19.8 Å². The summed E-state index contributed by atoms with van der Waals surface area (Å²) in [6, 6.07) is 0. The normalized spacial score (nSPS) is 15.5. The van der Waals surface area contributed by atoms with Crippen molar-refractivity contribution in [1.82, 2.24) is 5.32 Å². The molecule has 0 rings (SSSR count). The van der Waals surface area contributed by atoms with Crippen molar-refractivity contribution in [2.75, 3.05) is 0 Å². The maximum absolute atomic E-state index is 11.9. The summed E-state index contributed by atoms with van der Waals surface area (Å²) in [4.78, 5) is 23.2. The Morgan fingerprint density at radius 2 is 1.70 bits per heavy atom. The molecule has 1 amide bonds. The van der Waals surface area contributed by atoms with Gasteiger partial charge in [0.25, 0.3) is 0 Å². The summed E-state index contributed by atoms with van der Waals surface area (Å²) in [5, 5.41) is 22.2. The van der Waals surface area contributed by atoms with E-state index >= 15 is 0 Å². The molecule has 0 saturated heterocycles. The molecule has 2 atom stereocenters. The number of allylic oxidation sites excluding steroid dienone is 1. The van der Waals surface area contributed by atoms with E-state index in [4.69, 9.17) is 4.74 Å². The molecule has 0 saturated carbocycles. The Kier molecular flexibility index (Phi) is 8.31. The van der Waals surface area contributed by atoms with Gasteiger partial charge in [-0.1, -0.05) is 33.8 Å². The van der Waals surface area contributed by atoms with Gasteiger partial charge >= 0.3 is 12.1 Å². The van der Waals surface area contributed by atoms with Crippen LogP contribution in [-0.4, -0.2) is 34.0 Å². The van der Waals surface area contributed by atoms with Crippen LogP contribution in [0.15, 0.2) is 11.8 Å². The second kappa shape index (κ2) is 8.91. The second-order valence-electron chi connectivity index (χ2n) is 7.43. The first-order valence-electron chi connectivity index (χ1n) is 7.96. The number of aliphatic hydroxyl groups excluding tert-OH is 1. The van der Waals surface area contributed by atoms with Crippen LogP contribution in [0.5, 0.6) is 0 Å². The lowest BCUT2D eigenvalue weighted by molar-refractivity contribution is -0.144. The third-order valence-electron chi connectivity index (χ3n) is 3.12. The number of alkyl carbamates (subject to hydrolysis) is 1. The molecule has 6 heteroatoms. The molecule has 0 aliphatic carbocycles. The Labute approximate surface area is 138 Å². The van der Waals surface area contributed by atoms with Crippen LogP contribution in [-0.2, 0) is 9.53 Å². The van der Waals surface area contributed by atoms with Crippen LogP contribution in [0.1, 0.15) is 54.9 Å². The van der Waals surface area contributed by atoms with E-state index < -0.39 is 29.7 Å². The van der Waals surface area contributed by atoms with Gasteiger partial charge in [-0.25, -0.2) is 4.79 Å². The van der Waals surface area contributed by atoms with Gasteiger partial charge in [0.2, 0.25) is 0 Å². The third-order valence-corrected chi connectivity index (χ3v) is 3.12. The van der Waals surface area contributed by atoms with E-state index in [1.807, 2.05) is 13.8 Å². The van der Waals surface area contributed by atoms with Crippen LogP contribution in [0.25, 0.3) is 0 Å². The highest BCUT2D eigenvalue weighted by Crippen LogP contribution is 2.21. The fourth-order valence-electron chi connectivity index (χ4n) is 2.04. The predicted octanol–water partition coefficient (Wildman–Crippen LogP) is 3.16. The molecule has 0 unspecified atom stereocenters. The topological polar surface area (TPSA) is 95.9 Å². The summed E-state index contributed by atoms with van der Waals surface area (Å²) >= 11 is 0. The zero-order chi connectivity index (χ0) is 18.4. The number of hydrogen-bond acceptors (Lipinski definition) is 4. The Morgan fingerprint density at radius 3 is 2.04 bits per heavy atom. The molecule has 3 N–H and O–H groups in total. The summed E-state index contributed by atoms with van der Waals surface area (Å²) in [6.07, 6.45) is -0.0110.